The second-order valence-corrected chi connectivity index (χ2v) is 6.13. The number of ether oxygens (including phenoxy) is 3. The molecular weight excluding hydrogens is 316 g/mol. The van der Waals surface area contributed by atoms with E-state index in [0.29, 0.717) is 19.0 Å². The third-order valence-electron chi connectivity index (χ3n) is 4.42. The van der Waals surface area contributed by atoms with Gasteiger partial charge in [-0.3, -0.25) is 9.59 Å². The van der Waals surface area contributed by atoms with E-state index in [-0.39, 0.29) is 24.7 Å². The highest BCUT2D eigenvalue weighted by Crippen LogP contribution is 2.48. The lowest BCUT2D eigenvalue weighted by Crippen LogP contribution is -2.39. The van der Waals surface area contributed by atoms with Crippen molar-refractivity contribution in [1.29, 1.82) is 0 Å². The number of ketones is 1. The number of hydrogen-bond acceptors (Lipinski definition) is 7. The largest absolute Gasteiger partial charge is 0.463 e. The van der Waals surface area contributed by atoms with Gasteiger partial charge in [0.15, 0.2) is 18.4 Å². The maximum atomic E-state index is 11.8. The molecule has 1 saturated heterocycles. The lowest BCUT2D eigenvalue weighted by Gasteiger charge is -2.34. The average Bonchev–Trinajstić information content (AvgIpc) is 2.84. The zero-order chi connectivity index (χ0) is 17.7. The standard InChI is InChI=1S/C17H22O7/c1-3-5-17-6-4-12(21)7-15(17)14(9-19)16(24-17)23-13(8-18)10-22-11(2)20/h4,6,8-9,13-16H,3,5,7,10H2,1-2H3/t13-,14+,15+,16-,17+/m0/s1. The summed E-state index contributed by atoms with van der Waals surface area (Å²) < 4.78 is 16.3. The molecule has 1 aliphatic carbocycles. The summed E-state index contributed by atoms with van der Waals surface area (Å²) in [6, 6.07) is 0. The number of carbonyl (C=O) groups is 4. The molecular formula is C17H22O7. The Morgan fingerprint density at radius 3 is 2.83 bits per heavy atom. The van der Waals surface area contributed by atoms with E-state index in [9.17, 15) is 19.2 Å². The Bertz CT molecular complexity index is 541. The zero-order valence-electron chi connectivity index (χ0n) is 13.8. The fraction of sp³-hybridized carbons (Fsp3) is 0.647. The first-order valence-electron chi connectivity index (χ1n) is 8.05. The second kappa shape index (κ2) is 7.81. The molecule has 1 fully saturated rings. The van der Waals surface area contributed by atoms with Crippen molar-refractivity contribution in [3.05, 3.63) is 12.2 Å². The molecule has 1 heterocycles. The van der Waals surface area contributed by atoms with Crippen molar-refractivity contribution < 1.29 is 33.4 Å². The van der Waals surface area contributed by atoms with Crippen LogP contribution in [-0.2, 0) is 33.4 Å². The summed E-state index contributed by atoms with van der Waals surface area (Å²) in [6.07, 6.45) is 4.06. The molecule has 0 bridgehead atoms. The molecule has 0 N–H and O–H groups in total. The molecule has 24 heavy (non-hydrogen) atoms. The van der Waals surface area contributed by atoms with Crippen LogP contribution in [0.5, 0.6) is 0 Å². The van der Waals surface area contributed by atoms with Gasteiger partial charge in [0.2, 0.25) is 0 Å². The van der Waals surface area contributed by atoms with Gasteiger partial charge in [0, 0.05) is 19.3 Å². The second-order valence-electron chi connectivity index (χ2n) is 6.13. The maximum Gasteiger partial charge on any atom is 0.302 e. The van der Waals surface area contributed by atoms with Crippen molar-refractivity contribution in [2.24, 2.45) is 11.8 Å². The molecule has 2 aliphatic rings. The van der Waals surface area contributed by atoms with E-state index in [2.05, 4.69) is 0 Å². The predicted octanol–water partition coefficient (Wildman–Crippen LogP) is 0.989. The summed E-state index contributed by atoms with van der Waals surface area (Å²) in [7, 11) is 0. The van der Waals surface area contributed by atoms with Crippen molar-refractivity contribution in [2.45, 2.75) is 51.1 Å². The molecule has 0 spiro atoms. The minimum atomic E-state index is -1.03. The minimum Gasteiger partial charge on any atom is -0.463 e. The van der Waals surface area contributed by atoms with E-state index in [1.54, 1.807) is 6.08 Å². The first-order chi connectivity index (χ1) is 11.5. The van der Waals surface area contributed by atoms with Crippen molar-refractivity contribution in [2.75, 3.05) is 6.61 Å². The molecule has 0 aromatic carbocycles. The van der Waals surface area contributed by atoms with Crippen LogP contribution in [0.25, 0.3) is 0 Å². The Hall–Kier alpha value is -1.86. The Morgan fingerprint density at radius 1 is 1.50 bits per heavy atom. The van der Waals surface area contributed by atoms with Crippen LogP contribution in [0.2, 0.25) is 0 Å². The molecule has 7 heteroatoms. The third-order valence-corrected chi connectivity index (χ3v) is 4.42. The van der Waals surface area contributed by atoms with Gasteiger partial charge in [-0.05, 0) is 18.6 Å². The number of hydrogen-bond donors (Lipinski definition) is 0. The number of carbonyl (C=O) groups excluding carboxylic acids is 4. The lowest BCUT2D eigenvalue weighted by atomic mass is 9.73. The van der Waals surface area contributed by atoms with Crippen molar-refractivity contribution in [3.8, 4) is 0 Å². The average molecular weight is 338 g/mol. The van der Waals surface area contributed by atoms with E-state index in [4.69, 9.17) is 14.2 Å². The highest BCUT2D eigenvalue weighted by Gasteiger charge is 2.55. The van der Waals surface area contributed by atoms with Crippen LogP contribution in [0.15, 0.2) is 12.2 Å². The number of fused-ring (bicyclic) bond motifs is 1. The van der Waals surface area contributed by atoms with Crippen LogP contribution in [0.3, 0.4) is 0 Å². The van der Waals surface area contributed by atoms with Gasteiger partial charge >= 0.3 is 5.97 Å². The number of esters is 1. The number of allylic oxidation sites excluding steroid dienone is 1. The molecule has 0 amide bonds. The smallest absolute Gasteiger partial charge is 0.302 e. The van der Waals surface area contributed by atoms with Crippen LogP contribution in [0, 0.1) is 11.8 Å². The Kier molecular flexibility index (Phi) is 6.01. The summed E-state index contributed by atoms with van der Waals surface area (Å²) in [4.78, 5) is 45.4. The fourth-order valence-electron chi connectivity index (χ4n) is 3.37. The molecule has 0 aromatic heterocycles. The molecule has 132 valence electrons. The first kappa shape index (κ1) is 18.5. The zero-order valence-corrected chi connectivity index (χ0v) is 13.8. The molecule has 0 radical (unpaired) electrons. The fourth-order valence-corrected chi connectivity index (χ4v) is 3.37. The molecule has 2 rings (SSSR count). The highest BCUT2D eigenvalue weighted by molar-refractivity contribution is 5.91. The summed E-state index contributed by atoms with van der Waals surface area (Å²) in [6.45, 7) is 2.96. The van der Waals surface area contributed by atoms with Gasteiger partial charge in [0.05, 0.1) is 11.5 Å². The van der Waals surface area contributed by atoms with E-state index >= 15 is 0 Å². The Morgan fingerprint density at radius 2 is 2.25 bits per heavy atom. The van der Waals surface area contributed by atoms with Gasteiger partial charge < -0.3 is 23.8 Å². The van der Waals surface area contributed by atoms with Crippen molar-refractivity contribution >= 4 is 24.3 Å². The monoisotopic (exact) mass is 338 g/mol. The third kappa shape index (κ3) is 3.79. The summed E-state index contributed by atoms with van der Waals surface area (Å²) >= 11 is 0. The highest BCUT2D eigenvalue weighted by atomic mass is 16.7. The predicted molar refractivity (Wildman–Crippen MR) is 81.9 cm³/mol. The molecule has 1 aliphatic heterocycles. The van der Waals surface area contributed by atoms with E-state index in [0.717, 1.165) is 6.42 Å². The van der Waals surface area contributed by atoms with Crippen molar-refractivity contribution in [3.63, 3.8) is 0 Å². The molecule has 0 saturated carbocycles. The number of aldehydes is 2. The molecule has 0 unspecified atom stereocenters. The Balaban J connectivity index is 2.17. The van der Waals surface area contributed by atoms with Crippen LogP contribution in [0.1, 0.15) is 33.1 Å². The summed E-state index contributed by atoms with van der Waals surface area (Å²) in [5.41, 5.74) is -0.742. The minimum absolute atomic E-state index is 0.0605. The number of rotatable bonds is 8. The topological polar surface area (TPSA) is 96.0 Å². The SMILES string of the molecule is CCC[C@@]12C=CC(=O)C[C@@H]1[C@@H](C=O)[C@@H](O[C@@H](C=O)COC(C)=O)O2. The van der Waals surface area contributed by atoms with Crippen LogP contribution < -0.4 is 0 Å². The summed E-state index contributed by atoms with van der Waals surface area (Å²) in [5.74, 6) is -1.58. The first-order valence-corrected chi connectivity index (χ1v) is 8.05. The van der Waals surface area contributed by atoms with Gasteiger partial charge in [0.1, 0.15) is 19.0 Å². The van der Waals surface area contributed by atoms with Crippen molar-refractivity contribution in [1.82, 2.24) is 0 Å². The van der Waals surface area contributed by atoms with Gasteiger partial charge in [-0.25, -0.2) is 0 Å². The molecule has 5 atom stereocenters. The maximum absolute atomic E-state index is 11.8. The molecule has 7 nitrogen and oxygen atoms in total. The van der Waals surface area contributed by atoms with Gasteiger partial charge in [-0.15, -0.1) is 0 Å². The molecule has 0 aromatic rings. The van der Waals surface area contributed by atoms with E-state index < -0.39 is 29.9 Å². The van der Waals surface area contributed by atoms with Gasteiger partial charge in [-0.2, -0.15) is 0 Å². The van der Waals surface area contributed by atoms with Gasteiger partial charge in [-0.1, -0.05) is 13.3 Å². The summed E-state index contributed by atoms with van der Waals surface area (Å²) in [5, 5.41) is 0. The van der Waals surface area contributed by atoms with E-state index in [1.165, 1.54) is 13.0 Å². The van der Waals surface area contributed by atoms with Crippen LogP contribution in [-0.4, -0.2) is 48.9 Å². The quantitative estimate of drug-likeness (QED) is 0.481. The Labute approximate surface area is 140 Å². The normalized spacial score (nSPS) is 32.9. The van der Waals surface area contributed by atoms with Gasteiger partial charge in [0.25, 0.3) is 0 Å². The lowest BCUT2D eigenvalue weighted by molar-refractivity contribution is -0.199. The van der Waals surface area contributed by atoms with Crippen LogP contribution >= 0.6 is 0 Å². The van der Waals surface area contributed by atoms with Crippen LogP contribution in [0.4, 0.5) is 0 Å². The van der Waals surface area contributed by atoms with E-state index in [1.807, 2.05) is 6.92 Å².